The third kappa shape index (κ3) is 2.73. The van der Waals surface area contributed by atoms with Gasteiger partial charge in [0.1, 0.15) is 11.2 Å². The van der Waals surface area contributed by atoms with E-state index >= 15 is 0 Å². The summed E-state index contributed by atoms with van der Waals surface area (Å²) >= 11 is 3.70. The molecule has 37 heavy (non-hydrogen) atoms. The number of hydrogen-bond acceptors (Lipinski definition) is 3. The number of para-hydroxylation sites is 1. The molecular formula is C34H18OS2. The van der Waals surface area contributed by atoms with Gasteiger partial charge in [-0.15, -0.1) is 22.7 Å². The molecule has 0 amide bonds. The van der Waals surface area contributed by atoms with E-state index in [0.717, 1.165) is 11.2 Å². The minimum Gasteiger partial charge on any atom is -0.456 e. The van der Waals surface area contributed by atoms with E-state index in [1.807, 2.05) is 17.4 Å². The van der Waals surface area contributed by atoms with E-state index in [1.54, 1.807) is 11.3 Å². The predicted octanol–water partition coefficient (Wildman–Crippen LogP) is 11.1. The standard InChI is InChI=1S/C34H18OS2/c1-3-10-30-21(6-1)29-17-27-26(24-9-5-8-23-22-7-2-4-11-32(22)37-34(23)24)15-20-16-33-19(12-13-36-33)14-25(20)28(27)18-31(29)35-30/h1-18H. The second kappa shape index (κ2) is 7.19. The zero-order valence-electron chi connectivity index (χ0n) is 19.6. The lowest BCUT2D eigenvalue weighted by atomic mass is 9.91. The highest BCUT2D eigenvalue weighted by atomic mass is 32.1. The number of benzene rings is 6. The molecule has 0 saturated carbocycles. The van der Waals surface area contributed by atoms with E-state index in [-0.39, 0.29) is 0 Å². The Morgan fingerprint density at radius 2 is 1.32 bits per heavy atom. The fraction of sp³-hybridized carbons (Fsp3) is 0. The molecule has 172 valence electrons. The first-order chi connectivity index (χ1) is 18.3. The lowest BCUT2D eigenvalue weighted by Crippen LogP contribution is -1.86. The third-order valence-electron chi connectivity index (χ3n) is 7.72. The summed E-state index contributed by atoms with van der Waals surface area (Å²) in [6, 6.07) is 37.8. The minimum absolute atomic E-state index is 0.936. The number of hydrogen-bond donors (Lipinski definition) is 0. The van der Waals surface area contributed by atoms with Gasteiger partial charge in [0.2, 0.25) is 0 Å². The van der Waals surface area contributed by atoms with Crippen molar-refractivity contribution in [3.05, 3.63) is 109 Å². The van der Waals surface area contributed by atoms with E-state index in [9.17, 15) is 0 Å². The van der Waals surface area contributed by atoms with E-state index in [4.69, 9.17) is 4.42 Å². The quantitative estimate of drug-likeness (QED) is 0.202. The van der Waals surface area contributed by atoms with Crippen LogP contribution in [-0.4, -0.2) is 0 Å². The molecule has 0 bridgehead atoms. The molecule has 0 N–H and O–H groups in total. The highest BCUT2D eigenvalue weighted by molar-refractivity contribution is 7.26. The normalized spacial score (nSPS) is 12.3. The van der Waals surface area contributed by atoms with E-state index in [1.165, 1.54) is 73.7 Å². The van der Waals surface area contributed by atoms with E-state index in [2.05, 4.69) is 102 Å². The molecular weight excluding hydrogens is 489 g/mol. The average molecular weight is 507 g/mol. The van der Waals surface area contributed by atoms with Crippen molar-refractivity contribution in [2.24, 2.45) is 0 Å². The molecule has 0 unspecified atom stereocenters. The first-order valence-electron chi connectivity index (χ1n) is 12.4. The molecule has 0 aliphatic heterocycles. The van der Waals surface area contributed by atoms with Gasteiger partial charge >= 0.3 is 0 Å². The Labute approximate surface area is 219 Å². The summed E-state index contributed by atoms with van der Waals surface area (Å²) in [7, 11) is 0. The molecule has 0 fully saturated rings. The Morgan fingerprint density at radius 3 is 2.30 bits per heavy atom. The van der Waals surface area contributed by atoms with Crippen molar-refractivity contribution in [3.8, 4) is 11.1 Å². The molecule has 3 heteroatoms. The van der Waals surface area contributed by atoms with Crippen molar-refractivity contribution in [2.45, 2.75) is 0 Å². The SMILES string of the molecule is c1ccc2c(c1)oc1cc3c(cc12)c(-c1cccc2c1sc1ccccc12)cc1cc2sccc2cc13. The first-order valence-corrected chi connectivity index (χ1v) is 14.1. The summed E-state index contributed by atoms with van der Waals surface area (Å²) in [4.78, 5) is 0. The van der Waals surface area contributed by atoms with Gasteiger partial charge in [-0.3, -0.25) is 0 Å². The first kappa shape index (κ1) is 19.9. The van der Waals surface area contributed by atoms with Crippen molar-refractivity contribution in [1.82, 2.24) is 0 Å². The fourth-order valence-corrected chi connectivity index (χ4v) is 8.06. The number of thiophene rings is 2. The largest absolute Gasteiger partial charge is 0.456 e. The van der Waals surface area contributed by atoms with Crippen molar-refractivity contribution in [2.75, 3.05) is 0 Å². The van der Waals surface area contributed by atoms with Crippen LogP contribution in [0.4, 0.5) is 0 Å². The topological polar surface area (TPSA) is 13.1 Å². The number of rotatable bonds is 1. The maximum Gasteiger partial charge on any atom is 0.136 e. The molecule has 3 heterocycles. The van der Waals surface area contributed by atoms with Gasteiger partial charge in [-0.05, 0) is 86.4 Å². The molecule has 6 aromatic carbocycles. The monoisotopic (exact) mass is 506 g/mol. The molecule has 0 saturated heterocycles. The van der Waals surface area contributed by atoms with Crippen LogP contribution in [0.2, 0.25) is 0 Å². The van der Waals surface area contributed by atoms with Crippen LogP contribution in [0.5, 0.6) is 0 Å². The predicted molar refractivity (Wildman–Crippen MR) is 162 cm³/mol. The van der Waals surface area contributed by atoms with Crippen LogP contribution in [0, 0.1) is 0 Å². The van der Waals surface area contributed by atoms with Gasteiger partial charge in [0, 0.05) is 41.2 Å². The van der Waals surface area contributed by atoms with Gasteiger partial charge in [-0.25, -0.2) is 0 Å². The van der Waals surface area contributed by atoms with Gasteiger partial charge in [0.15, 0.2) is 0 Å². The Morgan fingerprint density at radius 1 is 0.459 bits per heavy atom. The van der Waals surface area contributed by atoms with E-state index < -0.39 is 0 Å². The molecule has 9 rings (SSSR count). The van der Waals surface area contributed by atoms with Crippen LogP contribution >= 0.6 is 22.7 Å². The zero-order chi connectivity index (χ0) is 24.1. The van der Waals surface area contributed by atoms with Crippen LogP contribution in [-0.2, 0) is 0 Å². The van der Waals surface area contributed by atoms with Crippen LogP contribution in [0.1, 0.15) is 0 Å². The molecule has 0 radical (unpaired) electrons. The Bertz CT molecular complexity index is 2360. The number of furan rings is 1. The fourth-order valence-electron chi connectivity index (χ4n) is 6.01. The zero-order valence-corrected chi connectivity index (χ0v) is 21.3. The summed E-state index contributed by atoms with van der Waals surface area (Å²) < 4.78 is 10.3. The number of fused-ring (bicyclic) bond motifs is 10. The Hall–Kier alpha value is -4.18. The lowest BCUT2D eigenvalue weighted by molar-refractivity contribution is 0.669. The molecule has 3 aromatic heterocycles. The molecule has 0 spiro atoms. The second-order valence-electron chi connectivity index (χ2n) is 9.73. The van der Waals surface area contributed by atoms with Crippen LogP contribution in [0.3, 0.4) is 0 Å². The lowest BCUT2D eigenvalue weighted by Gasteiger charge is -2.13. The maximum atomic E-state index is 6.34. The summed E-state index contributed by atoms with van der Waals surface area (Å²) in [5.41, 5.74) is 4.45. The van der Waals surface area contributed by atoms with Crippen molar-refractivity contribution < 1.29 is 4.42 Å². The molecule has 0 aliphatic rings. The van der Waals surface area contributed by atoms with Crippen LogP contribution in [0.25, 0.3) is 84.9 Å². The highest BCUT2D eigenvalue weighted by Crippen LogP contribution is 2.45. The smallest absolute Gasteiger partial charge is 0.136 e. The molecule has 0 aliphatic carbocycles. The summed E-state index contributed by atoms with van der Waals surface area (Å²) in [5, 5.41) is 13.5. The van der Waals surface area contributed by atoms with Gasteiger partial charge in [0.25, 0.3) is 0 Å². The summed E-state index contributed by atoms with van der Waals surface area (Å²) in [6.07, 6.45) is 0. The average Bonchev–Trinajstić information content (AvgIpc) is 3.65. The molecule has 0 atom stereocenters. The Kier molecular flexibility index (Phi) is 3.88. The van der Waals surface area contributed by atoms with Crippen LogP contribution < -0.4 is 0 Å². The van der Waals surface area contributed by atoms with Gasteiger partial charge < -0.3 is 4.42 Å². The minimum atomic E-state index is 0.936. The second-order valence-corrected chi connectivity index (χ2v) is 11.7. The van der Waals surface area contributed by atoms with E-state index in [0.29, 0.717) is 0 Å². The van der Waals surface area contributed by atoms with Gasteiger partial charge in [-0.2, -0.15) is 0 Å². The van der Waals surface area contributed by atoms with Crippen LogP contribution in [0.15, 0.2) is 113 Å². The van der Waals surface area contributed by atoms with Crippen molar-refractivity contribution in [3.63, 3.8) is 0 Å². The third-order valence-corrected chi connectivity index (χ3v) is 9.82. The maximum absolute atomic E-state index is 6.34. The van der Waals surface area contributed by atoms with Gasteiger partial charge in [0.05, 0.1) is 0 Å². The highest BCUT2D eigenvalue weighted by Gasteiger charge is 2.17. The summed E-state index contributed by atoms with van der Waals surface area (Å²) in [6.45, 7) is 0. The molecule has 1 nitrogen and oxygen atoms in total. The molecule has 9 aromatic rings. The van der Waals surface area contributed by atoms with Crippen molar-refractivity contribution in [1.29, 1.82) is 0 Å². The van der Waals surface area contributed by atoms with Gasteiger partial charge in [-0.1, -0.05) is 54.6 Å². The Balaban J connectivity index is 1.50. The van der Waals surface area contributed by atoms with Crippen molar-refractivity contribution >= 4 is 96.4 Å². The summed E-state index contributed by atoms with van der Waals surface area (Å²) in [5.74, 6) is 0.